The van der Waals surface area contributed by atoms with E-state index in [2.05, 4.69) is 10.1 Å². The van der Waals surface area contributed by atoms with E-state index in [1.165, 1.54) is 24.1 Å². The molecule has 2 amide bonds. The third kappa shape index (κ3) is 2.70. The molecule has 3 heterocycles. The van der Waals surface area contributed by atoms with Crippen molar-refractivity contribution in [1.29, 1.82) is 0 Å². The average Bonchev–Trinajstić information content (AvgIpc) is 3.22. The first-order valence-corrected chi connectivity index (χ1v) is 9.27. The molecule has 0 bridgehead atoms. The summed E-state index contributed by atoms with van der Waals surface area (Å²) in [5.41, 5.74) is 1.23. The number of imide groups is 1. The van der Waals surface area contributed by atoms with Crippen LogP contribution < -0.4 is 9.64 Å². The fourth-order valence-corrected chi connectivity index (χ4v) is 3.75. The third-order valence-electron chi connectivity index (χ3n) is 5.19. The van der Waals surface area contributed by atoms with Gasteiger partial charge < -0.3 is 4.74 Å². The van der Waals surface area contributed by atoms with E-state index >= 15 is 0 Å². The van der Waals surface area contributed by atoms with Crippen LogP contribution in [0.15, 0.2) is 48.7 Å². The van der Waals surface area contributed by atoms with Crippen LogP contribution in [0.4, 0.5) is 14.5 Å². The van der Waals surface area contributed by atoms with E-state index in [4.69, 9.17) is 4.74 Å². The minimum atomic E-state index is -0.825. The molecule has 0 fully saturated rings. The molecule has 0 radical (unpaired) electrons. The summed E-state index contributed by atoms with van der Waals surface area (Å²) in [4.78, 5) is 31.6. The Kier molecular flexibility index (Phi) is 4.07. The van der Waals surface area contributed by atoms with Crippen LogP contribution in [0.5, 0.6) is 5.75 Å². The summed E-state index contributed by atoms with van der Waals surface area (Å²) in [6.45, 7) is 1.63. The molecule has 154 valence electrons. The maximum Gasteiger partial charge on any atom is 0.267 e. The fraction of sp³-hybridized carbons (Fsp3) is 0.0909. The van der Waals surface area contributed by atoms with Gasteiger partial charge in [-0.3, -0.25) is 9.59 Å². The number of rotatable bonds is 3. The zero-order chi connectivity index (χ0) is 21.9. The highest BCUT2D eigenvalue weighted by atomic mass is 19.1. The monoisotopic (exact) mass is 420 g/mol. The lowest BCUT2D eigenvalue weighted by Crippen LogP contribution is -2.29. The second-order valence-electron chi connectivity index (χ2n) is 6.98. The average molecular weight is 420 g/mol. The Hall–Kier alpha value is -4.14. The van der Waals surface area contributed by atoms with Crippen molar-refractivity contribution in [2.45, 2.75) is 6.92 Å². The molecule has 0 saturated carbocycles. The molecule has 1 aliphatic heterocycles. The Bertz CT molecular complexity index is 1400. The van der Waals surface area contributed by atoms with E-state index in [1.54, 1.807) is 31.2 Å². The van der Waals surface area contributed by atoms with Gasteiger partial charge in [0.2, 0.25) is 0 Å². The van der Waals surface area contributed by atoms with Crippen molar-refractivity contribution in [3.63, 3.8) is 0 Å². The minimum absolute atomic E-state index is 0.0178. The zero-order valence-corrected chi connectivity index (χ0v) is 16.4. The number of carbonyl (C=O) groups excluding carboxylic acids is 2. The van der Waals surface area contributed by atoms with Gasteiger partial charge in [-0.15, -0.1) is 0 Å². The molecule has 5 rings (SSSR count). The standard InChI is InChI=1S/C22H14F2N4O3/c1-11-18-19-15(21(29)27(22(19)30)13-4-6-14(31-2)7-5-13)10-25-20(18)28(26-11)17-8-3-12(23)9-16(17)24/h3-10H,1-2H3. The Morgan fingerprint density at radius 3 is 2.42 bits per heavy atom. The van der Waals surface area contributed by atoms with Crippen LogP contribution in [-0.2, 0) is 0 Å². The number of amides is 2. The highest BCUT2D eigenvalue weighted by molar-refractivity contribution is 6.37. The lowest BCUT2D eigenvalue weighted by Gasteiger charge is -2.14. The molecule has 1 aliphatic rings. The highest BCUT2D eigenvalue weighted by Gasteiger charge is 2.40. The molecular weight excluding hydrogens is 406 g/mol. The summed E-state index contributed by atoms with van der Waals surface area (Å²) < 4.78 is 34.0. The molecule has 0 saturated heterocycles. The topological polar surface area (TPSA) is 77.3 Å². The maximum absolute atomic E-state index is 14.4. The molecule has 0 unspecified atom stereocenters. The van der Waals surface area contributed by atoms with Crippen LogP contribution in [0.1, 0.15) is 26.4 Å². The van der Waals surface area contributed by atoms with Gasteiger partial charge in [0.1, 0.15) is 17.3 Å². The van der Waals surface area contributed by atoms with E-state index in [0.717, 1.165) is 17.0 Å². The number of ether oxygens (including phenoxy) is 1. The molecular formula is C22H14F2N4O3. The van der Waals surface area contributed by atoms with Gasteiger partial charge in [0.15, 0.2) is 11.5 Å². The number of anilines is 1. The Balaban J connectivity index is 1.68. The summed E-state index contributed by atoms with van der Waals surface area (Å²) in [5, 5.41) is 4.64. The quantitative estimate of drug-likeness (QED) is 0.471. The molecule has 0 atom stereocenters. The normalized spacial score (nSPS) is 13.2. The minimum Gasteiger partial charge on any atom is -0.497 e. The van der Waals surface area contributed by atoms with Crippen molar-refractivity contribution in [1.82, 2.24) is 14.8 Å². The smallest absolute Gasteiger partial charge is 0.267 e. The van der Waals surface area contributed by atoms with Crippen molar-refractivity contribution in [2.75, 3.05) is 12.0 Å². The largest absolute Gasteiger partial charge is 0.497 e. The second-order valence-corrected chi connectivity index (χ2v) is 6.98. The first-order chi connectivity index (χ1) is 14.9. The van der Waals surface area contributed by atoms with E-state index in [-0.39, 0.29) is 22.5 Å². The maximum atomic E-state index is 14.4. The van der Waals surface area contributed by atoms with Crippen LogP contribution in [-0.4, -0.2) is 33.7 Å². The van der Waals surface area contributed by atoms with Gasteiger partial charge in [-0.05, 0) is 43.3 Å². The predicted octanol–water partition coefficient (Wildman–Crippen LogP) is 3.82. The summed E-state index contributed by atoms with van der Waals surface area (Å²) >= 11 is 0. The van der Waals surface area contributed by atoms with Crippen molar-refractivity contribution in [3.05, 3.63) is 77.1 Å². The molecule has 2 aromatic heterocycles. The van der Waals surface area contributed by atoms with Gasteiger partial charge in [0, 0.05) is 12.3 Å². The van der Waals surface area contributed by atoms with Gasteiger partial charge >= 0.3 is 0 Å². The number of hydrogen-bond acceptors (Lipinski definition) is 5. The van der Waals surface area contributed by atoms with Gasteiger partial charge in [-0.2, -0.15) is 5.10 Å². The lowest BCUT2D eigenvalue weighted by atomic mass is 10.1. The summed E-state index contributed by atoms with van der Waals surface area (Å²) in [6, 6.07) is 9.59. The van der Waals surface area contributed by atoms with Crippen molar-refractivity contribution in [2.24, 2.45) is 0 Å². The third-order valence-corrected chi connectivity index (χ3v) is 5.19. The summed E-state index contributed by atoms with van der Waals surface area (Å²) in [7, 11) is 1.52. The molecule has 31 heavy (non-hydrogen) atoms. The number of aromatic nitrogens is 3. The molecule has 0 aliphatic carbocycles. The van der Waals surface area contributed by atoms with E-state index in [9.17, 15) is 18.4 Å². The van der Waals surface area contributed by atoms with E-state index in [0.29, 0.717) is 22.5 Å². The zero-order valence-electron chi connectivity index (χ0n) is 16.4. The van der Waals surface area contributed by atoms with Crippen molar-refractivity contribution >= 4 is 28.5 Å². The number of pyridine rings is 1. The molecule has 4 aromatic rings. The molecule has 9 heteroatoms. The highest BCUT2D eigenvalue weighted by Crippen LogP contribution is 2.35. The molecule has 0 spiro atoms. The Labute approximate surface area is 174 Å². The van der Waals surface area contributed by atoms with E-state index in [1.807, 2.05) is 0 Å². The van der Waals surface area contributed by atoms with Gasteiger partial charge in [-0.25, -0.2) is 23.3 Å². The fourth-order valence-electron chi connectivity index (χ4n) is 3.75. The summed E-state index contributed by atoms with van der Waals surface area (Å²) in [5.74, 6) is -2.00. The second kappa shape index (κ2) is 6.69. The molecule has 0 N–H and O–H groups in total. The van der Waals surface area contributed by atoms with Crippen LogP contribution in [0.2, 0.25) is 0 Å². The number of fused-ring (bicyclic) bond motifs is 3. The van der Waals surface area contributed by atoms with Crippen LogP contribution >= 0.6 is 0 Å². The Morgan fingerprint density at radius 1 is 1.00 bits per heavy atom. The van der Waals surface area contributed by atoms with Crippen LogP contribution in [0, 0.1) is 18.6 Å². The molecule has 7 nitrogen and oxygen atoms in total. The SMILES string of the molecule is COc1ccc(N2C(=O)c3cnc4c(c(C)nn4-c4ccc(F)cc4F)c3C2=O)cc1. The molecule has 2 aromatic carbocycles. The van der Waals surface area contributed by atoms with Crippen LogP contribution in [0.3, 0.4) is 0 Å². The van der Waals surface area contributed by atoms with Gasteiger partial charge in [0.05, 0.1) is 35.0 Å². The number of hydrogen-bond donors (Lipinski definition) is 0. The van der Waals surface area contributed by atoms with E-state index < -0.39 is 23.4 Å². The van der Waals surface area contributed by atoms with Gasteiger partial charge in [-0.1, -0.05) is 0 Å². The number of nitrogens with zero attached hydrogens (tertiary/aromatic N) is 4. The Morgan fingerprint density at radius 2 is 1.74 bits per heavy atom. The number of carbonyl (C=O) groups is 2. The number of aryl methyl sites for hydroxylation is 1. The van der Waals surface area contributed by atoms with Crippen molar-refractivity contribution < 1.29 is 23.1 Å². The number of halogens is 2. The predicted molar refractivity (Wildman–Crippen MR) is 108 cm³/mol. The lowest BCUT2D eigenvalue weighted by molar-refractivity contribution is 0.0926. The first-order valence-electron chi connectivity index (χ1n) is 9.27. The first kappa shape index (κ1) is 18.9. The van der Waals surface area contributed by atoms with Crippen molar-refractivity contribution in [3.8, 4) is 11.4 Å². The number of benzene rings is 2. The summed E-state index contributed by atoms with van der Waals surface area (Å²) in [6.07, 6.45) is 1.28. The number of methoxy groups -OCH3 is 1. The van der Waals surface area contributed by atoms with Crippen LogP contribution in [0.25, 0.3) is 16.7 Å². The van der Waals surface area contributed by atoms with Gasteiger partial charge in [0.25, 0.3) is 11.8 Å².